The van der Waals surface area contributed by atoms with Crippen molar-refractivity contribution in [3.05, 3.63) is 23.8 Å². The predicted octanol–water partition coefficient (Wildman–Crippen LogP) is 4.88. The van der Waals surface area contributed by atoms with Gasteiger partial charge in [-0.15, -0.1) is 0 Å². The highest BCUT2D eigenvalue weighted by Gasteiger charge is 2.24. The molecule has 2 unspecified atom stereocenters. The van der Waals surface area contributed by atoms with Gasteiger partial charge in [-0.2, -0.15) is 0 Å². The Morgan fingerprint density at radius 2 is 1.46 bits per heavy atom. The molecule has 0 spiro atoms. The average molecular weight is 550 g/mol. The maximum absolute atomic E-state index is 12.6. The summed E-state index contributed by atoms with van der Waals surface area (Å²) < 4.78 is 26.7. The molecule has 0 bridgehead atoms. The Hall–Kier alpha value is -3.14. The molecule has 0 heterocycles. The van der Waals surface area contributed by atoms with Crippen molar-refractivity contribution >= 4 is 24.1 Å². The minimum absolute atomic E-state index is 0.0730. The van der Waals surface area contributed by atoms with Crippen molar-refractivity contribution in [2.75, 3.05) is 6.61 Å². The zero-order valence-corrected chi connectivity index (χ0v) is 23.7. The molecule has 1 saturated carbocycles. The van der Waals surface area contributed by atoms with Gasteiger partial charge in [0.1, 0.15) is 24.9 Å². The van der Waals surface area contributed by atoms with Crippen molar-refractivity contribution in [2.45, 2.75) is 104 Å². The Labute approximate surface area is 230 Å². The monoisotopic (exact) mass is 549 g/mol. The lowest BCUT2D eigenvalue weighted by molar-refractivity contribution is -0.152. The highest BCUT2D eigenvalue weighted by molar-refractivity contribution is 5.79. The largest absolute Gasteiger partial charge is 0.508 e. The molecule has 1 fully saturated rings. The summed E-state index contributed by atoms with van der Waals surface area (Å²) in [6.45, 7) is 8.65. The van der Waals surface area contributed by atoms with Crippen LogP contribution in [-0.2, 0) is 35.0 Å². The van der Waals surface area contributed by atoms with Crippen LogP contribution in [0.25, 0.3) is 0 Å². The minimum Gasteiger partial charge on any atom is -0.458 e. The Bertz CT molecular complexity index is 974. The van der Waals surface area contributed by atoms with E-state index in [4.69, 9.17) is 29.4 Å². The molecule has 39 heavy (non-hydrogen) atoms. The second-order valence-electron chi connectivity index (χ2n) is 10.2. The van der Waals surface area contributed by atoms with Gasteiger partial charge in [0.2, 0.25) is 0 Å². The normalized spacial score (nSPS) is 16.8. The number of rotatable bonds is 13. The molecule has 0 aliphatic heterocycles. The fourth-order valence-corrected chi connectivity index (χ4v) is 3.79. The molecular weight excluding hydrogens is 506 g/mol. The predicted molar refractivity (Wildman–Crippen MR) is 143 cm³/mol. The summed E-state index contributed by atoms with van der Waals surface area (Å²) >= 11 is 0. The quantitative estimate of drug-likeness (QED) is 0.267. The van der Waals surface area contributed by atoms with Gasteiger partial charge in [-0.25, -0.2) is 4.79 Å². The molecule has 218 valence electrons. The van der Waals surface area contributed by atoms with E-state index in [9.17, 15) is 19.2 Å². The molecular formula is C29H43NO9. The third-order valence-electron chi connectivity index (χ3n) is 6.79. The average Bonchev–Trinajstić information content (AvgIpc) is 2.92. The topological polar surface area (TPSA) is 140 Å². The van der Waals surface area contributed by atoms with Crippen molar-refractivity contribution in [3.63, 3.8) is 0 Å². The van der Waals surface area contributed by atoms with Crippen LogP contribution < -0.4 is 15.2 Å². The summed E-state index contributed by atoms with van der Waals surface area (Å²) in [4.78, 5) is 49.3. The summed E-state index contributed by atoms with van der Waals surface area (Å²) in [5, 5.41) is 0. The molecule has 1 aromatic rings. The summed E-state index contributed by atoms with van der Waals surface area (Å²) in [6.07, 6.45) is 4.47. The van der Waals surface area contributed by atoms with Gasteiger partial charge in [0.15, 0.2) is 11.5 Å². The number of esters is 3. The van der Waals surface area contributed by atoms with E-state index in [1.54, 1.807) is 26.8 Å². The first-order valence-electron chi connectivity index (χ1n) is 13.9. The van der Waals surface area contributed by atoms with Crippen LogP contribution in [0.3, 0.4) is 0 Å². The SMILES string of the molecule is CCC(C)C(=O)Oc1ccc(C[C@H](N)C(=O)O[C@@H](C)COC(=O)OC2CCCCC2)cc1OC(=O)C(C)CC. The van der Waals surface area contributed by atoms with Crippen LogP contribution in [0, 0.1) is 11.8 Å². The van der Waals surface area contributed by atoms with E-state index >= 15 is 0 Å². The van der Waals surface area contributed by atoms with Gasteiger partial charge >= 0.3 is 24.1 Å². The Morgan fingerprint density at radius 1 is 0.872 bits per heavy atom. The summed E-state index contributed by atoms with van der Waals surface area (Å²) in [5.74, 6) is -2.08. The van der Waals surface area contributed by atoms with E-state index in [1.165, 1.54) is 12.1 Å². The van der Waals surface area contributed by atoms with Gasteiger partial charge in [0.05, 0.1) is 11.8 Å². The maximum atomic E-state index is 12.6. The van der Waals surface area contributed by atoms with Crippen LogP contribution in [0.2, 0.25) is 0 Å². The van der Waals surface area contributed by atoms with Crippen LogP contribution in [-0.4, -0.2) is 48.9 Å². The lowest BCUT2D eigenvalue weighted by Crippen LogP contribution is -2.37. The molecule has 0 aromatic heterocycles. The molecule has 4 atom stereocenters. The van der Waals surface area contributed by atoms with Gasteiger partial charge in [0.25, 0.3) is 0 Å². The third kappa shape index (κ3) is 10.9. The zero-order chi connectivity index (χ0) is 28.9. The highest BCUT2D eigenvalue weighted by Crippen LogP contribution is 2.31. The maximum Gasteiger partial charge on any atom is 0.508 e. The molecule has 0 radical (unpaired) electrons. The van der Waals surface area contributed by atoms with Gasteiger partial charge < -0.3 is 29.4 Å². The van der Waals surface area contributed by atoms with Gasteiger partial charge in [-0.1, -0.05) is 40.2 Å². The molecule has 1 aromatic carbocycles. The van der Waals surface area contributed by atoms with Crippen molar-refractivity contribution < 1.29 is 42.9 Å². The Balaban J connectivity index is 1.96. The summed E-state index contributed by atoms with van der Waals surface area (Å²) in [5.41, 5.74) is 6.65. The van der Waals surface area contributed by atoms with Gasteiger partial charge in [-0.05, 0) is 69.6 Å². The number of hydrogen-bond acceptors (Lipinski definition) is 10. The van der Waals surface area contributed by atoms with Crippen LogP contribution in [0.5, 0.6) is 11.5 Å². The summed E-state index contributed by atoms with van der Waals surface area (Å²) in [7, 11) is 0. The molecule has 10 nitrogen and oxygen atoms in total. The first-order chi connectivity index (χ1) is 18.5. The second kappa shape index (κ2) is 16.1. The van der Waals surface area contributed by atoms with Crippen molar-refractivity contribution in [2.24, 2.45) is 17.6 Å². The Morgan fingerprint density at radius 3 is 2.05 bits per heavy atom. The van der Waals surface area contributed by atoms with Crippen LogP contribution >= 0.6 is 0 Å². The van der Waals surface area contributed by atoms with Crippen LogP contribution in [0.1, 0.15) is 85.1 Å². The fourth-order valence-electron chi connectivity index (χ4n) is 3.79. The number of carbonyl (C=O) groups excluding carboxylic acids is 4. The summed E-state index contributed by atoms with van der Waals surface area (Å²) in [6, 6.07) is 3.65. The van der Waals surface area contributed by atoms with E-state index in [-0.39, 0.29) is 42.5 Å². The van der Waals surface area contributed by atoms with E-state index in [0.717, 1.165) is 32.1 Å². The number of ether oxygens (including phenoxy) is 5. The molecule has 1 aliphatic carbocycles. The number of hydrogen-bond donors (Lipinski definition) is 1. The standard InChI is InChI=1S/C29H43NO9/c1-6-18(3)26(31)38-24-14-13-21(16-25(24)39-27(32)19(4)7-2)15-23(30)28(33)36-20(5)17-35-29(34)37-22-11-9-8-10-12-22/h13-14,16,18-20,22-23H,6-12,15,17,30H2,1-5H3/t18?,19?,20-,23-/m0/s1. The van der Waals surface area contributed by atoms with Crippen LogP contribution in [0.4, 0.5) is 4.79 Å². The molecule has 1 aliphatic rings. The smallest absolute Gasteiger partial charge is 0.458 e. The molecule has 10 heteroatoms. The Kier molecular flexibility index (Phi) is 13.2. The molecule has 0 amide bonds. The van der Waals surface area contributed by atoms with E-state index in [1.807, 2.05) is 13.8 Å². The van der Waals surface area contributed by atoms with Crippen LogP contribution in [0.15, 0.2) is 18.2 Å². The number of nitrogens with two attached hydrogens (primary N) is 1. The van der Waals surface area contributed by atoms with E-state index in [2.05, 4.69) is 0 Å². The zero-order valence-electron chi connectivity index (χ0n) is 23.7. The number of benzene rings is 1. The first-order valence-corrected chi connectivity index (χ1v) is 13.9. The van der Waals surface area contributed by atoms with Crippen molar-refractivity contribution in [1.29, 1.82) is 0 Å². The van der Waals surface area contributed by atoms with E-state index in [0.29, 0.717) is 18.4 Å². The molecule has 2 rings (SSSR count). The minimum atomic E-state index is -1.03. The molecule has 2 N–H and O–H groups in total. The van der Waals surface area contributed by atoms with Crippen molar-refractivity contribution in [1.82, 2.24) is 0 Å². The van der Waals surface area contributed by atoms with Gasteiger partial charge in [-0.3, -0.25) is 14.4 Å². The second-order valence-corrected chi connectivity index (χ2v) is 10.2. The third-order valence-corrected chi connectivity index (χ3v) is 6.79. The van der Waals surface area contributed by atoms with E-state index < -0.39 is 36.2 Å². The van der Waals surface area contributed by atoms with Crippen molar-refractivity contribution in [3.8, 4) is 11.5 Å². The highest BCUT2D eigenvalue weighted by atomic mass is 16.7. The number of carbonyl (C=O) groups is 4. The van der Waals surface area contributed by atoms with Gasteiger partial charge in [0, 0.05) is 0 Å². The lowest BCUT2D eigenvalue weighted by atomic mass is 9.98. The first kappa shape index (κ1) is 32.1. The lowest BCUT2D eigenvalue weighted by Gasteiger charge is -2.22. The molecule has 0 saturated heterocycles. The fraction of sp³-hybridized carbons (Fsp3) is 0.655.